The quantitative estimate of drug-likeness (QED) is 0.464. The molecule has 0 spiro atoms. The van der Waals surface area contributed by atoms with Crippen LogP contribution >= 0.6 is 22.6 Å². The van der Waals surface area contributed by atoms with Crippen molar-refractivity contribution >= 4 is 40.3 Å². The van der Waals surface area contributed by atoms with Gasteiger partial charge in [0.15, 0.2) is 18.2 Å². The molecule has 1 saturated heterocycles. The van der Waals surface area contributed by atoms with Crippen LogP contribution in [0, 0.1) is 3.57 Å². The molecule has 8 heteroatoms. The zero-order valence-electron chi connectivity index (χ0n) is 14.6. The highest BCUT2D eigenvalue weighted by molar-refractivity contribution is 14.1. The molecule has 1 aliphatic heterocycles. The molecule has 1 aromatic carbocycles. The third-order valence-electron chi connectivity index (χ3n) is 4.22. The van der Waals surface area contributed by atoms with E-state index in [1.165, 1.54) is 6.26 Å². The van der Waals surface area contributed by atoms with Gasteiger partial charge in [0.1, 0.15) is 0 Å². The summed E-state index contributed by atoms with van der Waals surface area (Å²) >= 11 is 2.11. The number of nitrogens with zero attached hydrogens (tertiary/aromatic N) is 2. The van der Waals surface area contributed by atoms with Crippen LogP contribution in [0.2, 0.25) is 0 Å². The van der Waals surface area contributed by atoms with Crippen LogP contribution in [0.25, 0.3) is 0 Å². The molecular formula is C19H19IN2O5. The third kappa shape index (κ3) is 5.39. The number of amides is 1. The fourth-order valence-electron chi connectivity index (χ4n) is 2.81. The second-order valence-electron chi connectivity index (χ2n) is 6.17. The molecule has 7 nitrogen and oxygen atoms in total. The lowest BCUT2D eigenvalue weighted by atomic mass is 10.2. The first-order valence-corrected chi connectivity index (χ1v) is 9.60. The summed E-state index contributed by atoms with van der Waals surface area (Å²) in [5, 5.41) is 0. The van der Waals surface area contributed by atoms with E-state index in [2.05, 4.69) is 22.6 Å². The SMILES string of the molecule is O=C(COC(=O)c1cccc(I)c1)CN1CCN(C(=O)c2ccco2)CC1. The Morgan fingerprint density at radius 2 is 1.85 bits per heavy atom. The summed E-state index contributed by atoms with van der Waals surface area (Å²) < 4.78 is 11.2. The maximum Gasteiger partial charge on any atom is 0.338 e. The number of esters is 1. The number of furan rings is 1. The molecule has 142 valence electrons. The highest BCUT2D eigenvalue weighted by atomic mass is 127. The first-order chi connectivity index (χ1) is 13.0. The van der Waals surface area contributed by atoms with Crippen LogP contribution in [0.3, 0.4) is 0 Å². The van der Waals surface area contributed by atoms with Crippen LogP contribution in [0.5, 0.6) is 0 Å². The predicted molar refractivity (Wildman–Crippen MR) is 106 cm³/mol. The molecule has 0 bridgehead atoms. The Kier molecular flexibility index (Phi) is 6.62. The lowest BCUT2D eigenvalue weighted by molar-refractivity contribution is -0.123. The van der Waals surface area contributed by atoms with Gasteiger partial charge in [-0.3, -0.25) is 14.5 Å². The second kappa shape index (κ2) is 9.14. The maximum absolute atomic E-state index is 12.2. The van der Waals surface area contributed by atoms with Gasteiger partial charge < -0.3 is 14.1 Å². The molecule has 27 heavy (non-hydrogen) atoms. The summed E-state index contributed by atoms with van der Waals surface area (Å²) in [7, 11) is 0. The van der Waals surface area contributed by atoms with E-state index in [1.807, 2.05) is 11.0 Å². The molecule has 2 heterocycles. The molecule has 0 unspecified atom stereocenters. The molecule has 1 aliphatic rings. The zero-order chi connectivity index (χ0) is 19.2. The molecule has 2 aromatic rings. The maximum atomic E-state index is 12.2. The Morgan fingerprint density at radius 3 is 2.52 bits per heavy atom. The van der Waals surface area contributed by atoms with Gasteiger partial charge in [0, 0.05) is 29.7 Å². The first-order valence-electron chi connectivity index (χ1n) is 8.52. The summed E-state index contributed by atoms with van der Waals surface area (Å²) in [6.07, 6.45) is 1.47. The van der Waals surface area contributed by atoms with Crippen molar-refractivity contribution in [3.8, 4) is 0 Å². The average Bonchev–Trinajstić information content (AvgIpc) is 3.21. The summed E-state index contributed by atoms with van der Waals surface area (Å²) in [4.78, 5) is 40.0. The highest BCUT2D eigenvalue weighted by Gasteiger charge is 2.24. The van der Waals surface area contributed by atoms with Gasteiger partial charge in [-0.15, -0.1) is 0 Å². The molecule has 0 radical (unpaired) electrons. The number of carbonyl (C=O) groups is 3. The molecule has 0 N–H and O–H groups in total. The van der Waals surface area contributed by atoms with Gasteiger partial charge in [-0.1, -0.05) is 6.07 Å². The van der Waals surface area contributed by atoms with Crippen molar-refractivity contribution in [1.82, 2.24) is 9.80 Å². The molecule has 1 fully saturated rings. The predicted octanol–water partition coefficient (Wildman–Crippen LogP) is 2.07. The van der Waals surface area contributed by atoms with Crippen LogP contribution in [0.4, 0.5) is 0 Å². The number of hydrogen-bond acceptors (Lipinski definition) is 6. The Hall–Kier alpha value is -2.20. The number of ether oxygens (including phenoxy) is 1. The van der Waals surface area contributed by atoms with E-state index in [4.69, 9.17) is 9.15 Å². The van der Waals surface area contributed by atoms with Crippen molar-refractivity contribution in [3.63, 3.8) is 0 Å². The number of hydrogen-bond donors (Lipinski definition) is 0. The van der Waals surface area contributed by atoms with Gasteiger partial charge in [0.05, 0.1) is 18.4 Å². The summed E-state index contributed by atoms with van der Waals surface area (Å²) in [5.74, 6) is -0.491. The van der Waals surface area contributed by atoms with E-state index in [9.17, 15) is 14.4 Å². The molecule has 3 rings (SSSR count). The number of Topliss-reactive ketones (excluding diaryl/α,β-unsaturated/α-hetero) is 1. The summed E-state index contributed by atoms with van der Waals surface area (Å²) in [6.45, 7) is 2.16. The Morgan fingerprint density at radius 1 is 1.07 bits per heavy atom. The average molecular weight is 482 g/mol. The van der Waals surface area contributed by atoms with Gasteiger partial charge in [-0.25, -0.2) is 4.79 Å². The second-order valence-corrected chi connectivity index (χ2v) is 7.42. The molecule has 0 atom stereocenters. The van der Waals surface area contributed by atoms with Gasteiger partial charge in [0.25, 0.3) is 5.91 Å². The number of carbonyl (C=O) groups excluding carboxylic acids is 3. The Balaban J connectivity index is 1.40. The smallest absolute Gasteiger partial charge is 0.338 e. The minimum atomic E-state index is -0.504. The van der Waals surface area contributed by atoms with Crippen molar-refractivity contribution in [2.45, 2.75) is 0 Å². The molecule has 1 amide bonds. The van der Waals surface area contributed by atoms with Crippen LogP contribution in [-0.4, -0.2) is 66.8 Å². The van der Waals surface area contributed by atoms with Gasteiger partial charge in [-0.2, -0.15) is 0 Å². The first kappa shape index (κ1) is 19.6. The van der Waals surface area contributed by atoms with Crippen LogP contribution in [0.15, 0.2) is 47.1 Å². The zero-order valence-corrected chi connectivity index (χ0v) is 16.8. The van der Waals surface area contributed by atoms with E-state index in [0.29, 0.717) is 37.5 Å². The standard InChI is InChI=1S/C19H19IN2O5/c20-15-4-1-3-14(11-15)19(25)27-13-16(23)12-21-6-8-22(9-7-21)18(24)17-5-2-10-26-17/h1-5,10-11H,6-9,12-13H2. The van der Waals surface area contributed by atoms with Crippen molar-refractivity contribution in [1.29, 1.82) is 0 Å². The fourth-order valence-corrected chi connectivity index (χ4v) is 3.35. The number of ketones is 1. The largest absolute Gasteiger partial charge is 0.459 e. The van der Waals surface area contributed by atoms with E-state index >= 15 is 0 Å². The van der Waals surface area contributed by atoms with Crippen molar-refractivity contribution in [2.75, 3.05) is 39.3 Å². The van der Waals surface area contributed by atoms with Gasteiger partial charge in [-0.05, 0) is 52.9 Å². The lowest BCUT2D eigenvalue weighted by Gasteiger charge is -2.33. The Labute approximate surface area is 170 Å². The highest BCUT2D eigenvalue weighted by Crippen LogP contribution is 2.10. The molecule has 0 saturated carbocycles. The topological polar surface area (TPSA) is 80.1 Å². The monoisotopic (exact) mass is 482 g/mol. The van der Waals surface area contributed by atoms with Crippen LogP contribution < -0.4 is 0 Å². The molecular weight excluding hydrogens is 463 g/mol. The van der Waals surface area contributed by atoms with Gasteiger partial charge in [0.2, 0.25) is 0 Å². The fraction of sp³-hybridized carbons (Fsp3) is 0.316. The van der Waals surface area contributed by atoms with Crippen molar-refractivity contribution in [2.24, 2.45) is 0 Å². The minimum Gasteiger partial charge on any atom is -0.459 e. The number of halogens is 1. The van der Waals surface area contributed by atoms with Gasteiger partial charge >= 0.3 is 5.97 Å². The summed E-state index contributed by atoms with van der Waals surface area (Å²) in [5.41, 5.74) is 0.430. The van der Waals surface area contributed by atoms with E-state index in [0.717, 1.165) is 3.57 Å². The van der Waals surface area contributed by atoms with Crippen LogP contribution in [0.1, 0.15) is 20.9 Å². The van der Waals surface area contributed by atoms with E-state index in [-0.39, 0.29) is 24.8 Å². The van der Waals surface area contributed by atoms with Crippen molar-refractivity contribution < 1.29 is 23.5 Å². The van der Waals surface area contributed by atoms with Crippen molar-refractivity contribution in [3.05, 3.63) is 57.6 Å². The van der Waals surface area contributed by atoms with E-state index in [1.54, 1.807) is 35.2 Å². The number of piperazine rings is 1. The third-order valence-corrected chi connectivity index (χ3v) is 4.89. The lowest BCUT2D eigenvalue weighted by Crippen LogP contribution is -2.50. The number of rotatable bonds is 6. The summed E-state index contributed by atoms with van der Waals surface area (Å²) in [6, 6.07) is 10.3. The van der Waals surface area contributed by atoms with Crippen LogP contribution in [-0.2, 0) is 9.53 Å². The van der Waals surface area contributed by atoms with E-state index < -0.39 is 5.97 Å². The molecule has 0 aliphatic carbocycles. The molecule has 1 aromatic heterocycles. The normalized spacial score (nSPS) is 14.8. The minimum absolute atomic E-state index is 0.141. The Bertz CT molecular complexity index is 813. The number of benzene rings is 1.